The van der Waals surface area contributed by atoms with E-state index in [9.17, 15) is 4.79 Å². The molecule has 8 heteroatoms. The number of furan rings is 1. The summed E-state index contributed by atoms with van der Waals surface area (Å²) < 4.78 is 6.84. The second kappa shape index (κ2) is 8.32. The van der Waals surface area contributed by atoms with Gasteiger partial charge in [-0.05, 0) is 70.8 Å². The Labute approximate surface area is 189 Å². The molecule has 4 nitrogen and oxygen atoms in total. The Hall–Kier alpha value is -1.74. The normalized spacial score (nSPS) is 16.8. The van der Waals surface area contributed by atoms with Crippen LogP contribution < -0.4 is 5.32 Å². The molecule has 4 rings (SSSR count). The first-order valence-electron chi connectivity index (χ1n) is 8.09. The molecular weight excluding hydrogens is 530 g/mol. The third kappa shape index (κ3) is 4.15. The van der Waals surface area contributed by atoms with Crippen molar-refractivity contribution >= 4 is 80.4 Å². The van der Waals surface area contributed by atoms with Gasteiger partial charge in [0.1, 0.15) is 11.5 Å². The SMILES string of the molecule is O=C1NC(=Nc2ccccc2I)S/C1=C/c1ccc(-c2cccc(Cl)c2Cl)o1. The van der Waals surface area contributed by atoms with Crippen LogP contribution in [0, 0.1) is 3.57 Å². The molecule has 0 saturated carbocycles. The minimum atomic E-state index is -0.214. The molecule has 0 atom stereocenters. The molecule has 0 aliphatic carbocycles. The molecule has 0 spiro atoms. The lowest BCUT2D eigenvalue weighted by atomic mass is 10.2. The fourth-order valence-corrected chi connectivity index (χ4v) is 4.25. The Morgan fingerprint density at radius 3 is 2.71 bits per heavy atom. The van der Waals surface area contributed by atoms with E-state index in [0.29, 0.717) is 37.2 Å². The summed E-state index contributed by atoms with van der Waals surface area (Å²) in [5.74, 6) is 0.906. The van der Waals surface area contributed by atoms with Crippen LogP contribution in [0.1, 0.15) is 5.76 Å². The van der Waals surface area contributed by atoms with Crippen LogP contribution in [0.5, 0.6) is 0 Å². The Morgan fingerprint density at radius 2 is 1.89 bits per heavy atom. The Bertz CT molecular complexity index is 1140. The predicted octanol–water partition coefficient (Wildman–Crippen LogP) is 6.75. The van der Waals surface area contributed by atoms with Gasteiger partial charge < -0.3 is 9.73 Å². The monoisotopic (exact) mass is 540 g/mol. The summed E-state index contributed by atoms with van der Waals surface area (Å²) in [5, 5.41) is 4.19. The number of aliphatic imine (C=N–C) groups is 1. The molecule has 140 valence electrons. The van der Waals surface area contributed by atoms with Gasteiger partial charge in [-0.15, -0.1) is 0 Å². The van der Waals surface area contributed by atoms with E-state index < -0.39 is 0 Å². The van der Waals surface area contributed by atoms with E-state index in [1.165, 1.54) is 11.8 Å². The third-order valence-electron chi connectivity index (χ3n) is 3.84. The Morgan fingerprint density at radius 1 is 1.07 bits per heavy atom. The van der Waals surface area contributed by atoms with Gasteiger partial charge in [0, 0.05) is 15.2 Å². The van der Waals surface area contributed by atoms with Crippen LogP contribution in [0.3, 0.4) is 0 Å². The number of para-hydroxylation sites is 1. The summed E-state index contributed by atoms with van der Waals surface area (Å²) in [7, 11) is 0. The van der Waals surface area contributed by atoms with Gasteiger partial charge >= 0.3 is 0 Å². The fourth-order valence-electron chi connectivity index (χ4n) is 2.53. The molecule has 2 heterocycles. The number of hydrogen-bond acceptors (Lipinski definition) is 4. The number of nitrogens with one attached hydrogen (secondary N) is 1. The van der Waals surface area contributed by atoms with Crippen molar-refractivity contribution in [3.05, 3.63) is 78.9 Å². The van der Waals surface area contributed by atoms with Crippen molar-refractivity contribution in [2.75, 3.05) is 0 Å². The molecule has 0 bridgehead atoms. The molecule has 1 aliphatic heterocycles. The van der Waals surface area contributed by atoms with E-state index in [0.717, 1.165) is 9.26 Å². The maximum absolute atomic E-state index is 12.3. The van der Waals surface area contributed by atoms with E-state index in [4.69, 9.17) is 27.6 Å². The van der Waals surface area contributed by atoms with Crippen LogP contribution in [0.25, 0.3) is 17.4 Å². The van der Waals surface area contributed by atoms with Gasteiger partial charge in [0.05, 0.1) is 20.6 Å². The second-order valence-electron chi connectivity index (χ2n) is 5.74. The molecule has 2 aromatic carbocycles. The topological polar surface area (TPSA) is 54.6 Å². The van der Waals surface area contributed by atoms with Crippen molar-refractivity contribution in [2.45, 2.75) is 0 Å². The Kier molecular flexibility index (Phi) is 5.82. The van der Waals surface area contributed by atoms with Gasteiger partial charge in [0.15, 0.2) is 5.17 Å². The number of rotatable bonds is 3. The fraction of sp³-hybridized carbons (Fsp3) is 0. The van der Waals surface area contributed by atoms with Gasteiger partial charge in [-0.2, -0.15) is 0 Å². The van der Waals surface area contributed by atoms with Crippen molar-refractivity contribution in [1.82, 2.24) is 5.32 Å². The van der Waals surface area contributed by atoms with Gasteiger partial charge in [0.25, 0.3) is 5.91 Å². The molecule has 3 aromatic rings. The Balaban J connectivity index is 1.59. The minimum Gasteiger partial charge on any atom is -0.457 e. The zero-order chi connectivity index (χ0) is 19.7. The van der Waals surface area contributed by atoms with E-state index in [1.807, 2.05) is 30.3 Å². The van der Waals surface area contributed by atoms with Crippen LogP contribution in [0.15, 0.2) is 68.9 Å². The van der Waals surface area contributed by atoms with E-state index in [-0.39, 0.29) is 5.91 Å². The highest BCUT2D eigenvalue weighted by Gasteiger charge is 2.24. The number of nitrogens with zero attached hydrogens (tertiary/aromatic N) is 1. The van der Waals surface area contributed by atoms with Gasteiger partial charge in [0.2, 0.25) is 0 Å². The number of carbonyl (C=O) groups is 1. The zero-order valence-corrected chi connectivity index (χ0v) is 18.6. The van der Waals surface area contributed by atoms with Gasteiger partial charge in [-0.1, -0.05) is 41.4 Å². The van der Waals surface area contributed by atoms with Crippen molar-refractivity contribution in [3.8, 4) is 11.3 Å². The summed E-state index contributed by atoms with van der Waals surface area (Å²) in [5.41, 5.74) is 1.51. The molecule has 28 heavy (non-hydrogen) atoms. The standard InChI is InChI=1S/C20H11Cl2IN2O2S/c21-13-5-3-4-12(18(13)22)16-9-8-11(27-16)10-17-19(26)25-20(28-17)24-15-7-2-1-6-14(15)23/h1-10H,(H,24,25,26)/b17-10+. The molecule has 0 unspecified atom stereocenters. The van der Waals surface area contributed by atoms with E-state index >= 15 is 0 Å². The van der Waals surface area contributed by atoms with Crippen LogP contribution in [0.2, 0.25) is 10.0 Å². The number of benzene rings is 2. The summed E-state index contributed by atoms with van der Waals surface area (Å²) >= 11 is 15.8. The largest absolute Gasteiger partial charge is 0.457 e. The molecule has 1 aliphatic rings. The number of amidine groups is 1. The summed E-state index contributed by atoms with van der Waals surface area (Å²) in [6.07, 6.45) is 1.68. The third-order valence-corrected chi connectivity index (χ3v) is 6.48. The maximum atomic E-state index is 12.3. The number of amides is 1. The molecular formula is C20H11Cl2IN2O2S. The summed E-state index contributed by atoms with van der Waals surface area (Å²) in [6, 6.07) is 16.6. The second-order valence-corrected chi connectivity index (χ2v) is 8.71. The first-order chi connectivity index (χ1) is 13.5. The van der Waals surface area contributed by atoms with Crippen molar-refractivity contribution in [2.24, 2.45) is 4.99 Å². The minimum absolute atomic E-state index is 0.214. The number of hydrogen-bond donors (Lipinski definition) is 1. The maximum Gasteiger partial charge on any atom is 0.264 e. The first kappa shape index (κ1) is 19.6. The molecule has 1 aromatic heterocycles. The highest BCUT2D eigenvalue weighted by atomic mass is 127. The smallest absolute Gasteiger partial charge is 0.264 e. The highest BCUT2D eigenvalue weighted by molar-refractivity contribution is 14.1. The van der Waals surface area contributed by atoms with E-state index in [1.54, 1.807) is 30.3 Å². The molecule has 1 N–H and O–H groups in total. The molecule has 1 amide bonds. The summed E-state index contributed by atoms with van der Waals surface area (Å²) in [6.45, 7) is 0. The summed E-state index contributed by atoms with van der Waals surface area (Å²) in [4.78, 5) is 17.3. The lowest BCUT2D eigenvalue weighted by Crippen LogP contribution is -2.19. The van der Waals surface area contributed by atoms with Crippen LogP contribution >= 0.6 is 57.6 Å². The number of halogens is 3. The molecule has 1 fully saturated rings. The zero-order valence-electron chi connectivity index (χ0n) is 14.1. The predicted molar refractivity (Wildman–Crippen MR) is 124 cm³/mol. The van der Waals surface area contributed by atoms with E-state index in [2.05, 4.69) is 32.9 Å². The lowest BCUT2D eigenvalue weighted by Gasteiger charge is -2.01. The van der Waals surface area contributed by atoms with Crippen molar-refractivity contribution in [3.63, 3.8) is 0 Å². The first-order valence-corrected chi connectivity index (χ1v) is 10.7. The van der Waals surface area contributed by atoms with Crippen LogP contribution in [0.4, 0.5) is 5.69 Å². The van der Waals surface area contributed by atoms with Crippen LogP contribution in [-0.4, -0.2) is 11.1 Å². The lowest BCUT2D eigenvalue weighted by molar-refractivity contribution is -0.115. The van der Waals surface area contributed by atoms with Crippen molar-refractivity contribution < 1.29 is 9.21 Å². The molecule has 0 radical (unpaired) electrons. The average molecular weight is 541 g/mol. The quantitative estimate of drug-likeness (QED) is 0.295. The van der Waals surface area contributed by atoms with Gasteiger partial charge in [-0.25, -0.2) is 4.99 Å². The van der Waals surface area contributed by atoms with Crippen LogP contribution in [-0.2, 0) is 4.79 Å². The number of carbonyl (C=O) groups excluding carboxylic acids is 1. The average Bonchev–Trinajstić information content (AvgIpc) is 3.26. The molecule has 1 saturated heterocycles. The van der Waals surface area contributed by atoms with Crippen molar-refractivity contribution in [1.29, 1.82) is 0 Å². The van der Waals surface area contributed by atoms with Gasteiger partial charge in [-0.3, -0.25) is 4.79 Å². The highest BCUT2D eigenvalue weighted by Crippen LogP contribution is 2.35. The number of thioether (sulfide) groups is 1.